The predicted octanol–water partition coefficient (Wildman–Crippen LogP) is 5.48. The van der Waals surface area contributed by atoms with Gasteiger partial charge in [-0.3, -0.25) is 0 Å². The van der Waals surface area contributed by atoms with Gasteiger partial charge in [-0.05, 0) is 46.3 Å². The maximum atomic E-state index is 9.14. The Morgan fingerprint density at radius 2 is 1.89 bits per heavy atom. The summed E-state index contributed by atoms with van der Waals surface area (Å²) < 4.78 is 1.67. The lowest BCUT2D eigenvalue weighted by Crippen LogP contribution is -1.95. The average Bonchev–Trinajstić information content (AvgIpc) is 2.34. The van der Waals surface area contributed by atoms with Gasteiger partial charge in [-0.2, -0.15) is 5.26 Å². The molecular formula is C13H7Br2ClN2. The van der Waals surface area contributed by atoms with Gasteiger partial charge in [0.25, 0.3) is 0 Å². The van der Waals surface area contributed by atoms with Crippen LogP contribution in [0.25, 0.3) is 0 Å². The van der Waals surface area contributed by atoms with Crippen LogP contribution in [0.5, 0.6) is 0 Å². The molecule has 0 atom stereocenters. The van der Waals surface area contributed by atoms with E-state index in [0.717, 1.165) is 14.6 Å². The van der Waals surface area contributed by atoms with E-state index >= 15 is 0 Å². The molecule has 0 fully saturated rings. The standard InChI is InChI=1S/C13H7Br2ClN2/c14-8-4-5-11(16)13(6-8)18-12-3-1-2-10(15)9(12)7-17/h1-6,18H. The van der Waals surface area contributed by atoms with E-state index in [0.29, 0.717) is 16.3 Å². The van der Waals surface area contributed by atoms with Gasteiger partial charge in [0.2, 0.25) is 0 Å². The second kappa shape index (κ2) is 5.75. The first-order valence-corrected chi connectivity index (χ1v) is 6.99. The van der Waals surface area contributed by atoms with E-state index in [9.17, 15) is 0 Å². The molecule has 2 nitrogen and oxygen atoms in total. The molecule has 0 saturated heterocycles. The molecule has 18 heavy (non-hydrogen) atoms. The van der Waals surface area contributed by atoms with E-state index in [1.807, 2.05) is 30.3 Å². The summed E-state index contributed by atoms with van der Waals surface area (Å²) in [6.07, 6.45) is 0. The van der Waals surface area contributed by atoms with Gasteiger partial charge in [-0.1, -0.05) is 33.6 Å². The Bertz CT molecular complexity index is 635. The number of hydrogen-bond donors (Lipinski definition) is 1. The number of hydrogen-bond acceptors (Lipinski definition) is 2. The lowest BCUT2D eigenvalue weighted by atomic mass is 10.2. The van der Waals surface area contributed by atoms with Crippen molar-refractivity contribution in [3.63, 3.8) is 0 Å². The van der Waals surface area contributed by atoms with Gasteiger partial charge >= 0.3 is 0 Å². The summed E-state index contributed by atoms with van der Waals surface area (Å²) >= 11 is 12.8. The zero-order valence-corrected chi connectivity index (χ0v) is 13.0. The quantitative estimate of drug-likeness (QED) is 0.742. The molecule has 0 spiro atoms. The fraction of sp³-hybridized carbons (Fsp3) is 0. The fourth-order valence-electron chi connectivity index (χ4n) is 1.48. The third-order valence-corrected chi connectivity index (χ3v) is 3.81. The van der Waals surface area contributed by atoms with E-state index in [1.165, 1.54) is 0 Å². The highest BCUT2D eigenvalue weighted by molar-refractivity contribution is 9.10. The molecule has 0 amide bonds. The molecule has 2 aromatic rings. The van der Waals surface area contributed by atoms with Crippen LogP contribution in [0.4, 0.5) is 11.4 Å². The van der Waals surface area contributed by atoms with Gasteiger partial charge in [0, 0.05) is 8.95 Å². The normalized spacial score (nSPS) is 9.89. The summed E-state index contributed by atoms with van der Waals surface area (Å²) in [5.41, 5.74) is 2.01. The Labute approximate surface area is 127 Å². The van der Waals surface area contributed by atoms with Crippen molar-refractivity contribution in [1.29, 1.82) is 5.26 Å². The average molecular weight is 386 g/mol. The third-order valence-electron chi connectivity index (χ3n) is 2.32. The second-order valence-electron chi connectivity index (χ2n) is 3.52. The maximum absolute atomic E-state index is 9.14. The SMILES string of the molecule is N#Cc1c(Br)cccc1Nc1cc(Br)ccc1Cl. The van der Waals surface area contributed by atoms with Crippen LogP contribution in [-0.4, -0.2) is 0 Å². The second-order valence-corrected chi connectivity index (χ2v) is 5.70. The number of nitrogens with zero attached hydrogens (tertiary/aromatic N) is 1. The predicted molar refractivity (Wildman–Crippen MR) is 81.3 cm³/mol. The molecule has 2 aromatic carbocycles. The van der Waals surface area contributed by atoms with Crippen molar-refractivity contribution in [1.82, 2.24) is 0 Å². The summed E-state index contributed by atoms with van der Waals surface area (Å²) in [6.45, 7) is 0. The maximum Gasteiger partial charge on any atom is 0.103 e. The van der Waals surface area contributed by atoms with Gasteiger partial charge in [-0.25, -0.2) is 0 Å². The van der Waals surface area contributed by atoms with Crippen LogP contribution in [-0.2, 0) is 0 Å². The van der Waals surface area contributed by atoms with E-state index in [4.69, 9.17) is 16.9 Å². The number of nitrogens with one attached hydrogen (secondary N) is 1. The van der Waals surface area contributed by atoms with Gasteiger partial charge in [-0.15, -0.1) is 0 Å². The molecule has 0 aliphatic heterocycles. The Kier molecular flexibility index (Phi) is 4.28. The highest BCUT2D eigenvalue weighted by Crippen LogP contribution is 2.31. The largest absolute Gasteiger partial charge is 0.353 e. The Balaban J connectivity index is 2.44. The number of benzene rings is 2. The van der Waals surface area contributed by atoms with Crippen molar-refractivity contribution in [3.8, 4) is 6.07 Å². The van der Waals surface area contributed by atoms with Crippen LogP contribution in [0, 0.1) is 11.3 Å². The first-order chi connectivity index (χ1) is 8.61. The van der Waals surface area contributed by atoms with E-state index in [2.05, 4.69) is 43.2 Å². The van der Waals surface area contributed by atoms with Crippen LogP contribution in [0.3, 0.4) is 0 Å². The van der Waals surface area contributed by atoms with Gasteiger partial charge < -0.3 is 5.32 Å². The highest BCUT2D eigenvalue weighted by Gasteiger charge is 2.08. The number of nitriles is 1. The topological polar surface area (TPSA) is 35.8 Å². The monoisotopic (exact) mass is 384 g/mol. The zero-order chi connectivity index (χ0) is 13.1. The molecule has 0 aliphatic rings. The minimum absolute atomic E-state index is 0.550. The van der Waals surface area contributed by atoms with Crippen molar-refractivity contribution in [3.05, 3.63) is 55.9 Å². The molecule has 90 valence electrons. The van der Waals surface area contributed by atoms with Crippen molar-refractivity contribution in [2.45, 2.75) is 0 Å². The first-order valence-electron chi connectivity index (χ1n) is 5.02. The molecule has 0 saturated carbocycles. The van der Waals surface area contributed by atoms with Crippen molar-refractivity contribution in [2.75, 3.05) is 5.32 Å². The van der Waals surface area contributed by atoms with Crippen LogP contribution in [0.1, 0.15) is 5.56 Å². The van der Waals surface area contributed by atoms with E-state index < -0.39 is 0 Å². The van der Waals surface area contributed by atoms with Crippen molar-refractivity contribution >= 4 is 54.8 Å². The number of rotatable bonds is 2. The summed E-state index contributed by atoms with van der Waals surface area (Å²) in [5.74, 6) is 0. The van der Waals surface area contributed by atoms with Crippen LogP contribution in [0.2, 0.25) is 5.02 Å². The van der Waals surface area contributed by atoms with Crippen LogP contribution in [0.15, 0.2) is 45.3 Å². The molecule has 0 heterocycles. The van der Waals surface area contributed by atoms with Crippen LogP contribution >= 0.6 is 43.5 Å². The summed E-state index contributed by atoms with van der Waals surface area (Å²) in [6, 6.07) is 13.2. The smallest absolute Gasteiger partial charge is 0.103 e. The van der Waals surface area contributed by atoms with E-state index in [-0.39, 0.29) is 0 Å². The summed E-state index contributed by atoms with van der Waals surface area (Å²) in [4.78, 5) is 0. The molecular weight excluding hydrogens is 379 g/mol. The minimum Gasteiger partial charge on any atom is -0.353 e. The zero-order valence-electron chi connectivity index (χ0n) is 9.05. The van der Waals surface area contributed by atoms with Gasteiger partial charge in [0.15, 0.2) is 0 Å². The highest BCUT2D eigenvalue weighted by atomic mass is 79.9. The van der Waals surface area contributed by atoms with Gasteiger partial charge in [0.1, 0.15) is 6.07 Å². The lowest BCUT2D eigenvalue weighted by molar-refractivity contribution is 1.44. The Hall–Kier alpha value is -1.02. The first kappa shape index (κ1) is 13.4. The summed E-state index contributed by atoms with van der Waals surface area (Å²) in [5, 5.41) is 12.9. The van der Waals surface area contributed by atoms with Gasteiger partial charge in [0.05, 0.1) is 22.0 Å². The Morgan fingerprint density at radius 3 is 2.61 bits per heavy atom. The van der Waals surface area contributed by atoms with Crippen molar-refractivity contribution in [2.24, 2.45) is 0 Å². The molecule has 0 aliphatic carbocycles. The van der Waals surface area contributed by atoms with E-state index in [1.54, 1.807) is 6.07 Å². The molecule has 5 heteroatoms. The summed E-state index contributed by atoms with van der Waals surface area (Å²) in [7, 11) is 0. The molecule has 0 radical (unpaired) electrons. The molecule has 1 N–H and O–H groups in total. The Morgan fingerprint density at radius 1 is 1.11 bits per heavy atom. The minimum atomic E-state index is 0.550. The van der Waals surface area contributed by atoms with Crippen molar-refractivity contribution < 1.29 is 0 Å². The van der Waals surface area contributed by atoms with Crippen LogP contribution < -0.4 is 5.32 Å². The molecule has 0 aromatic heterocycles. The lowest BCUT2D eigenvalue weighted by Gasteiger charge is -2.11. The fourth-order valence-corrected chi connectivity index (χ4v) is 2.46. The third kappa shape index (κ3) is 2.86. The molecule has 2 rings (SSSR count). The number of halogens is 3. The number of anilines is 2. The molecule has 0 bridgehead atoms. The molecule has 0 unspecified atom stereocenters.